The maximum Gasteiger partial charge on any atom is 0.336 e. The fraction of sp³-hybridized carbons (Fsp3) is 0.217. The number of hydrogen-bond donors (Lipinski definition) is 0. The van der Waals surface area contributed by atoms with Crippen LogP contribution >= 0.6 is 0 Å². The van der Waals surface area contributed by atoms with Crippen LogP contribution in [0.1, 0.15) is 23.6 Å². The average molecular weight is 392 g/mol. The number of carbonyl (C=O) groups excluding carboxylic acids is 1. The van der Waals surface area contributed by atoms with Crippen molar-refractivity contribution in [1.29, 1.82) is 0 Å². The predicted molar refractivity (Wildman–Crippen MR) is 108 cm³/mol. The first-order valence-corrected chi connectivity index (χ1v) is 9.42. The second-order valence-electron chi connectivity index (χ2n) is 6.62. The molecule has 0 saturated heterocycles. The zero-order valence-corrected chi connectivity index (χ0v) is 16.0. The van der Waals surface area contributed by atoms with Crippen molar-refractivity contribution in [2.45, 2.75) is 20.0 Å². The molecule has 6 nitrogen and oxygen atoms in total. The van der Waals surface area contributed by atoms with Crippen LogP contribution in [-0.2, 0) is 22.6 Å². The molecule has 0 spiro atoms. The molecule has 6 heteroatoms. The van der Waals surface area contributed by atoms with Gasteiger partial charge in [0.25, 0.3) is 0 Å². The number of hydrogen-bond acceptors (Lipinski definition) is 6. The van der Waals surface area contributed by atoms with E-state index in [1.807, 2.05) is 31.2 Å². The molecule has 0 bridgehead atoms. The number of carbonyl (C=O) groups is 1. The molecule has 4 rings (SSSR count). The second kappa shape index (κ2) is 8.22. The van der Waals surface area contributed by atoms with Gasteiger partial charge in [0.1, 0.15) is 25.4 Å². The molecule has 148 valence electrons. The number of ether oxygens (including phenoxy) is 3. The van der Waals surface area contributed by atoms with E-state index in [2.05, 4.69) is 0 Å². The molecule has 0 unspecified atom stereocenters. The van der Waals surface area contributed by atoms with Crippen molar-refractivity contribution in [2.24, 2.45) is 0 Å². The molecule has 2 heterocycles. The van der Waals surface area contributed by atoms with Gasteiger partial charge in [-0.15, -0.1) is 0 Å². The first-order chi connectivity index (χ1) is 14.1. The van der Waals surface area contributed by atoms with E-state index < -0.39 is 11.6 Å². The molecule has 29 heavy (non-hydrogen) atoms. The molecule has 0 atom stereocenters. The quantitative estimate of drug-likeness (QED) is 0.373. The lowest BCUT2D eigenvalue weighted by atomic mass is 10.1. The van der Waals surface area contributed by atoms with Crippen molar-refractivity contribution in [1.82, 2.24) is 0 Å². The van der Waals surface area contributed by atoms with E-state index in [0.717, 1.165) is 22.9 Å². The number of fused-ring (bicyclic) bond motifs is 2. The van der Waals surface area contributed by atoms with Crippen LogP contribution in [0.2, 0.25) is 0 Å². The third-order valence-corrected chi connectivity index (χ3v) is 4.65. The molecule has 3 aromatic rings. The van der Waals surface area contributed by atoms with E-state index in [0.29, 0.717) is 35.9 Å². The Morgan fingerprint density at radius 2 is 1.90 bits per heavy atom. The SMILES string of the molecule is CCc1ccc2c(COC(=O)C=Cc3ccc4c(c3)OCCO4)cc(=O)oc2c1. The van der Waals surface area contributed by atoms with Gasteiger partial charge in [-0.25, -0.2) is 9.59 Å². The molecule has 0 amide bonds. The van der Waals surface area contributed by atoms with Gasteiger partial charge in [0, 0.05) is 23.1 Å². The van der Waals surface area contributed by atoms with Crippen molar-refractivity contribution in [3.8, 4) is 11.5 Å². The molecule has 0 aliphatic carbocycles. The summed E-state index contributed by atoms with van der Waals surface area (Å²) in [5, 5.41) is 0.755. The van der Waals surface area contributed by atoms with Gasteiger partial charge in [-0.2, -0.15) is 0 Å². The number of esters is 1. The topological polar surface area (TPSA) is 75.0 Å². The first-order valence-electron chi connectivity index (χ1n) is 9.42. The summed E-state index contributed by atoms with van der Waals surface area (Å²) >= 11 is 0. The zero-order valence-electron chi connectivity index (χ0n) is 16.0. The molecule has 0 saturated carbocycles. The van der Waals surface area contributed by atoms with Crippen LogP contribution in [0, 0.1) is 0 Å². The third kappa shape index (κ3) is 4.32. The minimum atomic E-state index is -0.508. The van der Waals surface area contributed by atoms with Gasteiger partial charge < -0.3 is 18.6 Å². The monoisotopic (exact) mass is 392 g/mol. The van der Waals surface area contributed by atoms with Gasteiger partial charge in [-0.05, 0) is 41.8 Å². The maximum absolute atomic E-state index is 12.1. The Balaban J connectivity index is 1.46. The number of aryl methyl sites for hydroxylation is 1. The standard InChI is InChI=1S/C23H20O6/c1-2-15-3-6-18-17(13-23(25)29-20(18)11-15)14-28-22(24)8-5-16-4-7-19-21(12-16)27-10-9-26-19/h3-8,11-13H,2,9-10,14H2,1H3. The molecular formula is C23H20O6. The van der Waals surface area contributed by atoms with Crippen molar-refractivity contribution < 1.29 is 23.4 Å². The summed E-state index contributed by atoms with van der Waals surface area (Å²) in [6, 6.07) is 12.5. The minimum Gasteiger partial charge on any atom is -0.486 e. The van der Waals surface area contributed by atoms with Gasteiger partial charge in [0.15, 0.2) is 11.5 Å². The third-order valence-electron chi connectivity index (χ3n) is 4.65. The van der Waals surface area contributed by atoms with Crippen molar-refractivity contribution in [3.63, 3.8) is 0 Å². The average Bonchev–Trinajstić information content (AvgIpc) is 2.75. The summed E-state index contributed by atoms with van der Waals surface area (Å²) in [7, 11) is 0. The van der Waals surface area contributed by atoms with Crippen LogP contribution in [0.5, 0.6) is 11.5 Å². The lowest BCUT2D eigenvalue weighted by Crippen LogP contribution is -2.15. The normalized spacial score (nSPS) is 13.0. The largest absolute Gasteiger partial charge is 0.486 e. The number of benzene rings is 2. The molecule has 1 aliphatic heterocycles. The van der Waals surface area contributed by atoms with E-state index in [4.69, 9.17) is 18.6 Å². The molecular weight excluding hydrogens is 372 g/mol. The van der Waals surface area contributed by atoms with Gasteiger partial charge in [-0.3, -0.25) is 0 Å². The molecule has 0 radical (unpaired) electrons. The summed E-state index contributed by atoms with van der Waals surface area (Å²) in [5.74, 6) is 0.837. The predicted octanol–water partition coefficient (Wildman–Crippen LogP) is 3.88. The Labute approximate surface area is 167 Å². The Morgan fingerprint density at radius 3 is 2.72 bits per heavy atom. The summed E-state index contributed by atoms with van der Waals surface area (Å²) in [4.78, 5) is 24.0. The van der Waals surface area contributed by atoms with E-state index in [9.17, 15) is 9.59 Å². The van der Waals surface area contributed by atoms with Crippen LogP contribution in [0.3, 0.4) is 0 Å². The van der Waals surface area contributed by atoms with E-state index >= 15 is 0 Å². The molecule has 2 aromatic carbocycles. The van der Waals surface area contributed by atoms with Crippen molar-refractivity contribution in [3.05, 3.63) is 75.7 Å². The van der Waals surface area contributed by atoms with Crippen LogP contribution in [0.15, 0.2) is 57.8 Å². The van der Waals surface area contributed by atoms with E-state index in [1.54, 1.807) is 18.2 Å². The highest BCUT2D eigenvalue weighted by Crippen LogP contribution is 2.31. The smallest absolute Gasteiger partial charge is 0.336 e. The lowest BCUT2D eigenvalue weighted by Gasteiger charge is -2.18. The second-order valence-corrected chi connectivity index (χ2v) is 6.62. The van der Waals surface area contributed by atoms with Gasteiger partial charge >= 0.3 is 11.6 Å². The Hall–Kier alpha value is -3.54. The van der Waals surface area contributed by atoms with Gasteiger partial charge in [-0.1, -0.05) is 25.1 Å². The van der Waals surface area contributed by atoms with Crippen molar-refractivity contribution >= 4 is 23.0 Å². The fourth-order valence-corrected chi connectivity index (χ4v) is 3.14. The lowest BCUT2D eigenvalue weighted by molar-refractivity contribution is -0.138. The van der Waals surface area contributed by atoms with Gasteiger partial charge in [0.2, 0.25) is 0 Å². The summed E-state index contributed by atoms with van der Waals surface area (Å²) in [6.45, 7) is 3.04. The number of rotatable bonds is 5. The maximum atomic E-state index is 12.1. The molecule has 0 N–H and O–H groups in total. The van der Waals surface area contributed by atoms with Crippen LogP contribution < -0.4 is 15.1 Å². The van der Waals surface area contributed by atoms with Crippen LogP contribution in [0.25, 0.3) is 17.0 Å². The van der Waals surface area contributed by atoms with Crippen LogP contribution in [0.4, 0.5) is 0 Å². The Bertz CT molecular complexity index is 1140. The van der Waals surface area contributed by atoms with Crippen LogP contribution in [-0.4, -0.2) is 19.2 Å². The molecule has 0 fully saturated rings. The summed E-state index contributed by atoms with van der Waals surface area (Å²) < 4.78 is 21.6. The summed E-state index contributed by atoms with van der Waals surface area (Å²) in [5.41, 5.74) is 2.50. The van der Waals surface area contributed by atoms with E-state index in [1.165, 1.54) is 12.1 Å². The highest BCUT2D eigenvalue weighted by Gasteiger charge is 2.11. The van der Waals surface area contributed by atoms with Crippen molar-refractivity contribution in [2.75, 3.05) is 13.2 Å². The highest BCUT2D eigenvalue weighted by molar-refractivity contribution is 5.87. The first kappa shape index (κ1) is 18.8. The fourth-order valence-electron chi connectivity index (χ4n) is 3.14. The summed E-state index contributed by atoms with van der Waals surface area (Å²) in [6.07, 6.45) is 3.82. The Kier molecular flexibility index (Phi) is 5.33. The Morgan fingerprint density at radius 1 is 1.07 bits per heavy atom. The molecule has 1 aliphatic rings. The minimum absolute atomic E-state index is 0.0160. The van der Waals surface area contributed by atoms with E-state index in [-0.39, 0.29) is 6.61 Å². The zero-order chi connectivity index (χ0) is 20.2. The molecule has 1 aromatic heterocycles. The highest BCUT2D eigenvalue weighted by atomic mass is 16.6. The van der Waals surface area contributed by atoms with Gasteiger partial charge in [0.05, 0.1) is 0 Å².